The molecule has 1 N–H and O–H groups in total. The summed E-state index contributed by atoms with van der Waals surface area (Å²) in [7, 11) is 0. The summed E-state index contributed by atoms with van der Waals surface area (Å²) in [6.45, 7) is 0. The number of benzene rings is 4. The minimum Gasteiger partial charge on any atom is -0.340 e. The predicted octanol–water partition coefficient (Wildman–Crippen LogP) is 5.15. The van der Waals surface area contributed by atoms with Crippen LogP contribution in [0.25, 0.3) is 11.0 Å². The third kappa shape index (κ3) is 4.23. The zero-order valence-electron chi connectivity index (χ0n) is 21.0. The van der Waals surface area contributed by atoms with Gasteiger partial charge in [-0.3, -0.25) is 29.1 Å². The molecule has 0 saturated heterocycles. The first kappa shape index (κ1) is 24.9. The molecule has 0 saturated carbocycles. The van der Waals surface area contributed by atoms with E-state index >= 15 is 0 Å². The molecule has 0 fully saturated rings. The minimum atomic E-state index is -1.17. The molecule has 1 aromatic heterocycles. The monoisotopic (exact) mass is 530 g/mol. The first-order valence-corrected chi connectivity index (χ1v) is 12.6. The fourth-order valence-electron chi connectivity index (χ4n) is 5.36. The van der Waals surface area contributed by atoms with Crippen molar-refractivity contribution in [3.8, 4) is 0 Å². The maximum Gasteiger partial charge on any atom is 0.269 e. The number of para-hydroxylation sites is 2. The number of nitrogens with one attached hydrogen (secondary N) is 1. The molecule has 0 bridgehead atoms. The number of hydrogen-bond donors (Lipinski definition) is 1. The van der Waals surface area contributed by atoms with E-state index in [1.807, 2.05) is 0 Å². The highest BCUT2D eigenvalue weighted by atomic mass is 16.6. The van der Waals surface area contributed by atoms with Gasteiger partial charge in [-0.2, -0.15) is 0 Å². The quantitative estimate of drug-likeness (QED) is 0.184. The van der Waals surface area contributed by atoms with Crippen LogP contribution in [0.15, 0.2) is 109 Å². The molecule has 0 unspecified atom stereocenters. The van der Waals surface area contributed by atoms with E-state index in [2.05, 4.69) is 5.32 Å². The Balaban J connectivity index is 1.57. The number of non-ortho nitro benzene ring substituents is 1. The van der Waals surface area contributed by atoms with Crippen molar-refractivity contribution in [1.82, 2.24) is 14.9 Å². The van der Waals surface area contributed by atoms with Gasteiger partial charge in [-0.1, -0.05) is 72.8 Å². The van der Waals surface area contributed by atoms with E-state index in [0.717, 1.165) is 0 Å². The van der Waals surface area contributed by atoms with Crippen LogP contribution in [0.5, 0.6) is 0 Å². The van der Waals surface area contributed by atoms with E-state index in [4.69, 9.17) is 4.98 Å². The second-order valence-electron chi connectivity index (χ2n) is 9.53. The Morgan fingerprint density at radius 2 is 1.40 bits per heavy atom. The van der Waals surface area contributed by atoms with Crippen LogP contribution >= 0.6 is 0 Å². The molecule has 5 aromatic rings. The number of rotatable bonds is 6. The highest BCUT2D eigenvalue weighted by Crippen LogP contribution is 2.43. The molecule has 40 heavy (non-hydrogen) atoms. The number of imidazole rings is 1. The Kier molecular flexibility index (Phi) is 6.24. The van der Waals surface area contributed by atoms with E-state index in [0.29, 0.717) is 27.7 Å². The summed E-state index contributed by atoms with van der Waals surface area (Å²) in [5, 5.41) is 14.2. The second-order valence-corrected chi connectivity index (χ2v) is 9.53. The van der Waals surface area contributed by atoms with E-state index < -0.39 is 34.6 Å². The summed E-state index contributed by atoms with van der Waals surface area (Å²) in [6.07, 6.45) is 0. The lowest BCUT2D eigenvalue weighted by atomic mass is 9.73. The number of Topliss-reactive ketones (excluding diaryl/α,β-unsaturated/α-hetero) is 1. The van der Waals surface area contributed by atoms with Crippen LogP contribution in [0.4, 0.5) is 5.69 Å². The van der Waals surface area contributed by atoms with Gasteiger partial charge in [-0.25, -0.2) is 4.98 Å². The van der Waals surface area contributed by atoms with Gasteiger partial charge in [0.25, 0.3) is 17.5 Å². The standard InChI is InChI=1S/C31H22N4O5/c36-28(20-9-3-1-4-10-20)26-25(19-15-17-22(18-16-19)35(39)40)27(33-30(37)21-11-5-2-6-12-21)31(38)34-24-14-8-7-13-23(24)32-29(26)34/h1-18,25-27H,(H,33,37)/t25-,26-,27+/m1/s1. The third-order valence-corrected chi connectivity index (χ3v) is 7.22. The fraction of sp³-hybridized carbons (Fsp3) is 0.0968. The van der Waals surface area contributed by atoms with E-state index in [1.165, 1.54) is 28.8 Å². The summed E-state index contributed by atoms with van der Waals surface area (Å²) in [5.41, 5.74) is 2.19. The molecule has 1 aliphatic rings. The van der Waals surface area contributed by atoms with Crippen molar-refractivity contribution in [2.45, 2.75) is 17.9 Å². The van der Waals surface area contributed by atoms with Gasteiger partial charge in [0.05, 0.1) is 21.9 Å². The normalized spacial score (nSPS) is 18.2. The Morgan fingerprint density at radius 1 is 0.800 bits per heavy atom. The van der Waals surface area contributed by atoms with Crippen LogP contribution in [-0.4, -0.2) is 38.1 Å². The van der Waals surface area contributed by atoms with E-state index in [9.17, 15) is 24.5 Å². The molecule has 2 heterocycles. The number of hydrogen-bond acceptors (Lipinski definition) is 6. The molecule has 4 aromatic carbocycles. The van der Waals surface area contributed by atoms with Crippen molar-refractivity contribution < 1.29 is 19.3 Å². The van der Waals surface area contributed by atoms with Crippen LogP contribution in [0.2, 0.25) is 0 Å². The van der Waals surface area contributed by atoms with Gasteiger partial charge in [0, 0.05) is 29.2 Å². The summed E-state index contributed by atoms with van der Waals surface area (Å²) < 4.78 is 1.42. The smallest absolute Gasteiger partial charge is 0.269 e. The molecule has 1 amide bonds. The molecule has 0 radical (unpaired) electrons. The zero-order valence-corrected chi connectivity index (χ0v) is 21.0. The number of carbonyl (C=O) groups excluding carboxylic acids is 3. The zero-order chi connectivity index (χ0) is 27.8. The molecule has 9 heteroatoms. The van der Waals surface area contributed by atoms with Crippen LogP contribution in [0, 0.1) is 10.1 Å². The fourth-order valence-corrected chi connectivity index (χ4v) is 5.36. The first-order chi connectivity index (χ1) is 19.4. The van der Waals surface area contributed by atoms with Crippen LogP contribution in [0.3, 0.4) is 0 Å². The van der Waals surface area contributed by atoms with Gasteiger partial charge < -0.3 is 5.32 Å². The third-order valence-electron chi connectivity index (χ3n) is 7.22. The van der Waals surface area contributed by atoms with Gasteiger partial charge in [-0.05, 0) is 29.8 Å². The van der Waals surface area contributed by atoms with Crippen molar-refractivity contribution in [1.29, 1.82) is 0 Å². The Bertz CT molecular complexity index is 1760. The number of nitro groups is 1. The summed E-state index contributed by atoms with van der Waals surface area (Å²) in [4.78, 5) is 57.4. The second kappa shape index (κ2) is 10.0. The molecular weight excluding hydrogens is 508 g/mol. The molecule has 6 rings (SSSR count). The molecule has 0 spiro atoms. The average molecular weight is 531 g/mol. The number of amides is 1. The highest BCUT2D eigenvalue weighted by molar-refractivity contribution is 6.07. The average Bonchev–Trinajstić information content (AvgIpc) is 3.38. The topological polar surface area (TPSA) is 124 Å². The minimum absolute atomic E-state index is 0.131. The van der Waals surface area contributed by atoms with Gasteiger partial charge in [0.15, 0.2) is 5.78 Å². The molecular formula is C31H22N4O5. The first-order valence-electron chi connectivity index (χ1n) is 12.6. The highest BCUT2D eigenvalue weighted by Gasteiger charge is 2.49. The Labute approximate surface area is 228 Å². The van der Waals surface area contributed by atoms with E-state index in [1.54, 1.807) is 84.9 Å². The van der Waals surface area contributed by atoms with E-state index in [-0.39, 0.29) is 17.3 Å². The summed E-state index contributed by atoms with van der Waals surface area (Å²) >= 11 is 0. The Hall–Kier alpha value is -5.44. The Morgan fingerprint density at radius 3 is 2.05 bits per heavy atom. The molecule has 1 aliphatic heterocycles. The lowest BCUT2D eigenvalue weighted by molar-refractivity contribution is -0.384. The molecule has 9 nitrogen and oxygen atoms in total. The van der Waals surface area contributed by atoms with Crippen LogP contribution < -0.4 is 5.32 Å². The number of nitrogens with zero attached hydrogens (tertiary/aromatic N) is 3. The number of ketones is 1. The molecule has 0 aliphatic carbocycles. The van der Waals surface area contributed by atoms with Crippen molar-refractivity contribution in [3.05, 3.63) is 142 Å². The lowest BCUT2D eigenvalue weighted by Crippen LogP contribution is -2.53. The summed E-state index contributed by atoms with van der Waals surface area (Å²) in [5.74, 6) is -2.83. The molecule has 196 valence electrons. The maximum atomic E-state index is 14.2. The van der Waals surface area contributed by atoms with Gasteiger partial charge in [0.1, 0.15) is 11.9 Å². The lowest BCUT2D eigenvalue weighted by Gasteiger charge is -2.37. The van der Waals surface area contributed by atoms with Gasteiger partial charge in [-0.15, -0.1) is 0 Å². The predicted molar refractivity (Wildman–Crippen MR) is 147 cm³/mol. The summed E-state index contributed by atoms with van der Waals surface area (Å²) in [6, 6.07) is 28.8. The van der Waals surface area contributed by atoms with Crippen molar-refractivity contribution in [3.63, 3.8) is 0 Å². The van der Waals surface area contributed by atoms with Crippen molar-refractivity contribution in [2.75, 3.05) is 0 Å². The number of aromatic nitrogens is 2. The number of carbonyl (C=O) groups is 3. The van der Waals surface area contributed by atoms with Gasteiger partial charge >= 0.3 is 0 Å². The van der Waals surface area contributed by atoms with Crippen molar-refractivity contribution in [2.24, 2.45) is 0 Å². The number of fused-ring (bicyclic) bond motifs is 3. The maximum absolute atomic E-state index is 14.2. The largest absolute Gasteiger partial charge is 0.340 e. The SMILES string of the molecule is O=C(N[C@@H]1C(=O)n2c(nc3ccccc32)[C@@H](C(=O)c2ccccc2)[C@H]1c1ccc([N+](=O)[O-])cc1)c1ccccc1. The van der Waals surface area contributed by atoms with Crippen LogP contribution in [-0.2, 0) is 0 Å². The van der Waals surface area contributed by atoms with Gasteiger partial charge in [0.2, 0.25) is 0 Å². The number of nitro benzene ring substituents is 1. The van der Waals surface area contributed by atoms with Crippen molar-refractivity contribution >= 4 is 34.3 Å². The molecule has 3 atom stereocenters. The van der Waals surface area contributed by atoms with Crippen LogP contribution in [0.1, 0.15) is 48.7 Å².